The molecule has 0 aliphatic heterocycles. The van der Waals surface area contributed by atoms with Gasteiger partial charge in [0.2, 0.25) is 0 Å². The smallest absolute Gasteiger partial charge is 0.336 e. The number of benzene rings is 3. The van der Waals surface area contributed by atoms with E-state index in [1.165, 1.54) is 6.07 Å². The van der Waals surface area contributed by atoms with Gasteiger partial charge in [-0.3, -0.25) is 15.0 Å². The molecule has 0 bridgehead atoms. The lowest BCUT2D eigenvalue weighted by Gasteiger charge is -2.28. The molecule has 0 aromatic heterocycles. The first-order valence-electron chi connectivity index (χ1n) is 11.4. The summed E-state index contributed by atoms with van der Waals surface area (Å²) in [6.45, 7) is 7.91. The molecule has 36 heavy (non-hydrogen) atoms. The SMILES string of the molecule is CC(NC(=O)c1ccc(-c2ccccc2C(=O)Nc2ccc(C(=N)N)cc2)c(C(=O)O)c1)C(C)(C)C. The van der Waals surface area contributed by atoms with Crippen LogP contribution in [0.1, 0.15) is 64.3 Å². The van der Waals surface area contributed by atoms with E-state index in [2.05, 4.69) is 10.6 Å². The number of rotatable bonds is 7. The summed E-state index contributed by atoms with van der Waals surface area (Å²) in [5.41, 5.74) is 7.49. The molecular weight excluding hydrogens is 456 g/mol. The minimum atomic E-state index is -1.21. The molecule has 0 radical (unpaired) electrons. The van der Waals surface area contributed by atoms with Crippen LogP contribution in [0.3, 0.4) is 0 Å². The lowest BCUT2D eigenvalue weighted by molar-refractivity contribution is 0.0697. The first-order valence-corrected chi connectivity index (χ1v) is 11.4. The molecule has 0 heterocycles. The van der Waals surface area contributed by atoms with E-state index in [9.17, 15) is 19.5 Å². The van der Waals surface area contributed by atoms with Crippen LogP contribution in [0.2, 0.25) is 0 Å². The summed E-state index contributed by atoms with van der Waals surface area (Å²) in [6.07, 6.45) is 0. The Morgan fingerprint density at radius 3 is 2.03 bits per heavy atom. The molecular formula is C28H30N4O4. The lowest BCUT2D eigenvalue weighted by atomic mass is 9.88. The summed E-state index contributed by atoms with van der Waals surface area (Å²) in [4.78, 5) is 38.0. The number of amidine groups is 1. The van der Waals surface area contributed by atoms with Crippen molar-refractivity contribution >= 4 is 29.3 Å². The average molecular weight is 487 g/mol. The van der Waals surface area contributed by atoms with Crippen molar-refractivity contribution < 1.29 is 19.5 Å². The van der Waals surface area contributed by atoms with Crippen LogP contribution < -0.4 is 16.4 Å². The molecule has 0 spiro atoms. The Hall–Kier alpha value is -4.46. The third kappa shape index (κ3) is 5.96. The molecule has 2 amide bonds. The second-order valence-electron chi connectivity index (χ2n) is 9.62. The predicted octanol–water partition coefficient (Wildman–Crippen LogP) is 4.75. The number of aromatic carboxylic acids is 1. The van der Waals surface area contributed by atoms with Gasteiger partial charge in [-0.25, -0.2) is 4.79 Å². The number of hydrogen-bond acceptors (Lipinski definition) is 4. The van der Waals surface area contributed by atoms with E-state index >= 15 is 0 Å². The number of carboxylic acid groups (broad SMARTS) is 1. The maximum atomic E-state index is 13.1. The van der Waals surface area contributed by atoms with Crippen molar-refractivity contribution in [3.05, 3.63) is 89.0 Å². The summed E-state index contributed by atoms with van der Waals surface area (Å²) < 4.78 is 0. The highest BCUT2D eigenvalue weighted by Gasteiger charge is 2.24. The van der Waals surface area contributed by atoms with Gasteiger partial charge in [0.15, 0.2) is 0 Å². The fraction of sp³-hybridized carbons (Fsp3) is 0.214. The van der Waals surface area contributed by atoms with Crippen molar-refractivity contribution in [1.82, 2.24) is 5.32 Å². The van der Waals surface area contributed by atoms with E-state index in [0.29, 0.717) is 22.4 Å². The number of carbonyl (C=O) groups is 3. The van der Waals surface area contributed by atoms with Crippen LogP contribution in [0.4, 0.5) is 5.69 Å². The van der Waals surface area contributed by atoms with E-state index in [0.717, 1.165) is 0 Å². The first-order chi connectivity index (χ1) is 16.9. The van der Waals surface area contributed by atoms with Gasteiger partial charge < -0.3 is 21.5 Å². The van der Waals surface area contributed by atoms with Crippen molar-refractivity contribution in [2.24, 2.45) is 11.1 Å². The first kappa shape index (κ1) is 26.2. The lowest BCUT2D eigenvalue weighted by Crippen LogP contribution is -2.41. The van der Waals surface area contributed by atoms with Crippen LogP contribution in [0, 0.1) is 10.8 Å². The summed E-state index contributed by atoms with van der Waals surface area (Å²) in [5.74, 6) is -2.09. The number of nitrogen functional groups attached to an aromatic ring is 1. The van der Waals surface area contributed by atoms with Crippen LogP contribution >= 0.6 is 0 Å². The summed E-state index contributed by atoms with van der Waals surface area (Å²) >= 11 is 0. The molecule has 3 rings (SSSR count). The molecule has 0 fully saturated rings. The number of amides is 2. The highest BCUT2D eigenvalue weighted by molar-refractivity contribution is 6.11. The second-order valence-corrected chi connectivity index (χ2v) is 9.62. The van der Waals surface area contributed by atoms with Gasteiger partial charge >= 0.3 is 5.97 Å². The van der Waals surface area contributed by atoms with Gasteiger partial charge in [0, 0.05) is 28.4 Å². The number of hydrogen-bond donors (Lipinski definition) is 5. The van der Waals surface area contributed by atoms with Crippen molar-refractivity contribution in [1.29, 1.82) is 5.41 Å². The third-order valence-electron chi connectivity index (χ3n) is 6.07. The zero-order chi connectivity index (χ0) is 26.6. The number of carbonyl (C=O) groups excluding carboxylic acids is 2. The van der Waals surface area contributed by atoms with E-state index < -0.39 is 11.9 Å². The zero-order valence-corrected chi connectivity index (χ0v) is 20.7. The maximum absolute atomic E-state index is 13.1. The van der Waals surface area contributed by atoms with Gasteiger partial charge in [-0.15, -0.1) is 0 Å². The van der Waals surface area contributed by atoms with E-state index in [1.807, 2.05) is 27.7 Å². The summed E-state index contributed by atoms with van der Waals surface area (Å²) in [5, 5.41) is 23.1. The van der Waals surface area contributed by atoms with Gasteiger partial charge in [0.1, 0.15) is 5.84 Å². The number of carboxylic acids is 1. The Morgan fingerprint density at radius 2 is 1.44 bits per heavy atom. The van der Waals surface area contributed by atoms with E-state index in [1.54, 1.807) is 60.7 Å². The monoisotopic (exact) mass is 486 g/mol. The quantitative estimate of drug-likeness (QED) is 0.242. The molecule has 1 unspecified atom stereocenters. The molecule has 186 valence electrons. The molecule has 0 saturated heterocycles. The minimum absolute atomic E-state index is 0.0792. The predicted molar refractivity (Wildman–Crippen MR) is 141 cm³/mol. The van der Waals surface area contributed by atoms with Crippen molar-refractivity contribution in [2.75, 3.05) is 5.32 Å². The molecule has 0 aliphatic carbocycles. The third-order valence-corrected chi connectivity index (χ3v) is 6.07. The van der Waals surface area contributed by atoms with Crippen LogP contribution in [-0.4, -0.2) is 34.8 Å². The molecule has 0 saturated carbocycles. The largest absolute Gasteiger partial charge is 0.478 e. The van der Waals surface area contributed by atoms with Crippen LogP contribution in [0.25, 0.3) is 11.1 Å². The van der Waals surface area contributed by atoms with Crippen LogP contribution in [0.15, 0.2) is 66.7 Å². The van der Waals surface area contributed by atoms with Gasteiger partial charge in [0.25, 0.3) is 11.8 Å². The maximum Gasteiger partial charge on any atom is 0.336 e. The Balaban J connectivity index is 1.95. The number of anilines is 1. The summed E-state index contributed by atoms with van der Waals surface area (Å²) in [6, 6.07) is 17.5. The van der Waals surface area contributed by atoms with Gasteiger partial charge in [-0.1, -0.05) is 45.0 Å². The van der Waals surface area contributed by atoms with Crippen molar-refractivity contribution in [2.45, 2.75) is 33.7 Å². The Morgan fingerprint density at radius 1 is 0.861 bits per heavy atom. The zero-order valence-electron chi connectivity index (χ0n) is 20.7. The Bertz CT molecular complexity index is 1320. The second kappa shape index (κ2) is 10.4. The van der Waals surface area contributed by atoms with Crippen molar-refractivity contribution in [3.63, 3.8) is 0 Å². The molecule has 8 nitrogen and oxygen atoms in total. The summed E-state index contributed by atoms with van der Waals surface area (Å²) in [7, 11) is 0. The number of nitrogens with one attached hydrogen (secondary N) is 3. The number of nitrogens with two attached hydrogens (primary N) is 1. The molecule has 6 N–H and O–H groups in total. The van der Waals surface area contributed by atoms with Gasteiger partial charge in [-0.05, 0) is 65.9 Å². The molecule has 3 aromatic rings. The van der Waals surface area contributed by atoms with Gasteiger partial charge in [0.05, 0.1) is 5.56 Å². The van der Waals surface area contributed by atoms with E-state index in [-0.39, 0.29) is 39.9 Å². The minimum Gasteiger partial charge on any atom is -0.478 e. The molecule has 3 aromatic carbocycles. The fourth-order valence-corrected chi connectivity index (χ4v) is 3.44. The van der Waals surface area contributed by atoms with Crippen molar-refractivity contribution in [3.8, 4) is 11.1 Å². The Kier molecular flexibility index (Phi) is 7.58. The van der Waals surface area contributed by atoms with Crippen LogP contribution in [-0.2, 0) is 0 Å². The highest BCUT2D eigenvalue weighted by Crippen LogP contribution is 2.29. The Labute approximate surface area is 210 Å². The van der Waals surface area contributed by atoms with E-state index in [4.69, 9.17) is 11.1 Å². The topological polar surface area (TPSA) is 145 Å². The molecule has 8 heteroatoms. The average Bonchev–Trinajstić information content (AvgIpc) is 2.83. The molecule has 1 atom stereocenters. The standard InChI is InChI=1S/C28H30N4O4/c1-16(28(2,3)4)31-25(33)18-11-14-21(23(15-18)27(35)36)20-7-5-6-8-22(20)26(34)32-19-12-9-17(10-13-19)24(29)30/h5-16H,1-4H3,(H3,29,30)(H,31,33)(H,32,34)(H,35,36). The van der Waals surface area contributed by atoms with Gasteiger partial charge in [-0.2, -0.15) is 0 Å². The normalized spacial score (nSPS) is 11.9. The van der Waals surface area contributed by atoms with Crippen LogP contribution in [0.5, 0.6) is 0 Å². The highest BCUT2D eigenvalue weighted by atomic mass is 16.4. The molecule has 0 aliphatic rings. The fourth-order valence-electron chi connectivity index (χ4n) is 3.44.